The molecule has 5 rings (SSSR count). The summed E-state index contributed by atoms with van der Waals surface area (Å²) in [6.07, 6.45) is 9.93. The Hall–Kier alpha value is -3.14. The second-order valence-electron chi connectivity index (χ2n) is 8.43. The van der Waals surface area contributed by atoms with Gasteiger partial charge in [0.1, 0.15) is 17.1 Å². The SMILES string of the molecule is COc1cncc2c1[C@]1(O)[C@@H](CO)C[C@@H](c3ccccc3)[C@]1(C1C=CC(C#N)=CC1)O2. The second-order valence-corrected chi connectivity index (χ2v) is 8.43. The van der Waals surface area contributed by atoms with Crippen molar-refractivity contribution in [3.8, 4) is 17.6 Å². The molecular weight excluding hydrogens is 392 g/mol. The van der Waals surface area contributed by atoms with Crippen LogP contribution in [0.1, 0.15) is 29.9 Å². The maximum absolute atomic E-state index is 12.5. The number of aliphatic hydroxyl groups excluding tert-OH is 1. The second kappa shape index (κ2) is 7.23. The van der Waals surface area contributed by atoms with E-state index >= 15 is 0 Å². The fourth-order valence-corrected chi connectivity index (χ4v) is 5.89. The summed E-state index contributed by atoms with van der Waals surface area (Å²) >= 11 is 0. The standard InChI is InChI=1S/C25H24N2O4/c1-30-21-13-27-14-22-23(21)24(29)19(15-28)11-20(17-5-3-2-4-6-17)25(24,31-22)18-9-7-16(12-26)8-10-18/h2-9,13-14,18-20,28-29H,10-11,15H2,1H3/t18?,19-,20+,24-,25+/m1/s1. The number of rotatable bonds is 4. The number of ether oxygens (including phenoxy) is 2. The third-order valence-electron chi connectivity index (χ3n) is 7.18. The Labute approximate surface area is 181 Å². The Morgan fingerprint density at radius 3 is 2.74 bits per heavy atom. The number of fused-ring (bicyclic) bond motifs is 3. The topological polar surface area (TPSA) is 95.6 Å². The van der Waals surface area contributed by atoms with Gasteiger partial charge in [0.25, 0.3) is 0 Å². The van der Waals surface area contributed by atoms with Crippen molar-refractivity contribution >= 4 is 0 Å². The first kappa shape index (κ1) is 19.8. The summed E-state index contributed by atoms with van der Waals surface area (Å²) in [5.74, 6) is 0.0737. The lowest BCUT2D eigenvalue weighted by Gasteiger charge is -2.46. The lowest BCUT2D eigenvalue weighted by molar-refractivity contribution is -0.148. The summed E-state index contributed by atoms with van der Waals surface area (Å²) in [6.45, 7) is -0.189. The van der Waals surface area contributed by atoms with Gasteiger partial charge in [-0.1, -0.05) is 42.5 Å². The van der Waals surface area contributed by atoms with Crippen molar-refractivity contribution < 1.29 is 19.7 Å². The zero-order valence-corrected chi connectivity index (χ0v) is 17.2. The highest BCUT2D eigenvalue weighted by Crippen LogP contribution is 2.68. The largest absolute Gasteiger partial charge is 0.495 e. The van der Waals surface area contributed by atoms with Crippen molar-refractivity contribution in [2.24, 2.45) is 11.8 Å². The van der Waals surface area contributed by atoms with Gasteiger partial charge in [0.05, 0.1) is 31.1 Å². The van der Waals surface area contributed by atoms with E-state index in [2.05, 4.69) is 11.1 Å². The van der Waals surface area contributed by atoms with E-state index in [9.17, 15) is 15.5 Å². The molecule has 1 aromatic carbocycles. The van der Waals surface area contributed by atoms with Crippen molar-refractivity contribution in [1.29, 1.82) is 5.26 Å². The van der Waals surface area contributed by atoms with Crippen LogP contribution in [0.15, 0.2) is 66.5 Å². The Morgan fingerprint density at radius 1 is 1.29 bits per heavy atom. The molecule has 1 fully saturated rings. The summed E-state index contributed by atoms with van der Waals surface area (Å²) in [5, 5.41) is 32.2. The smallest absolute Gasteiger partial charge is 0.156 e. The number of benzene rings is 1. The van der Waals surface area contributed by atoms with Crippen LogP contribution in [-0.4, -0.2) is 34.5 Å². The van der Waals surface area contributed by atoms with Crippen molar-refractivity contribution in [2.75, 3.05) is 13.7 Å². The molecule has 0 spiro atoms. The minimum absolute atomic E-state index is 0.181. The summed E-state index contributed by atoms with van der Waals surface area (Å²) in [7, 11) is 1.54. The van der Waals surface area contributed by atoms with E-state index in [1.54, 1.807) is 25.6 Å². The third kappa shape index (κ3) is 2.54. The van der Waals surface area contributed by atoms with Gasteiger partial charge in [-0.2, -0.15) is 5.26 Å². The first-order chi connectivity index (χ1) is 15.1. The highest BCUT2D eigenvalue weighted by molar-refractivity contribution is 5.57. The number of hydrogen-bond acceptors (Lipinski definition) is 6. The molecule has 31 heavy (non-hydrogen) atoms. The first-order valence-corrected chi connectivity index (χ1v) is 10.5. The normalized spacial score (nSPS) is 33.1. The first-order valence-electron chi connectivity index (χ1n) is 10.5. The van der Waals surface area contributed by atoms with Gasteiger partial charge in [0.15, 0.2) is 5.60 Å². The number of pyridine rings is 1. The van der Waals surface area contributed by atoms with Crippen molar-refractivity contribution in [1.82, 2.24) is 4.98 Å². The fourth-order valence-electron chi connectivity index (χ4n) is 5.89. The molecule has 1 aromatic heterocycles. The van der Waals surface area contributed by atoms with Crippen LogP contribution in [0.4, 0.5) is 0 Å². The molecule has 0 amide bonds. The van der Waals surface area contributed by atoms with Gasteiger partial charge in [-0.15, -0.1) is 0 Å². The molecule has 0 saturated heterocycles. The van der Waals surface area contributed by atoms with Gasteiger partial charge < -0.3 is 19.7 Å². The molecule has 1 saturated carbocycles. The van der Waals surface area contributed by atoms with Crippen LogP contribution in [-0.2, 0) is 5.60 Å². The van der Waals surface area contributed by atoms with E-state index in [1.807, 2.05) is 42.5 Å². The van der Waals surface area contributed by atoms with Crippen molar-refractivity contribution in [2.45, 2.75) is 30.0 Å². The molecule has 6 nitrogen and oxygen atoms in total. The molecule has 5 atom stereocenters. The minimum atomic E-state index is -1.49. The maximum Gasteiger partial charge on any atom is 0.156 e. The molecule has 1 aliphatic heterocycles. The molecule has 0 radical (unpaired) electrons. The van der Waals surface area contributed by atoms with E-state index in [1.165, 1.54) is 0 Å². The quantitative estimate of drug-likeness (QED) is 0.795. The number of methoxy groups -OCH3 is 1. The summed E-state index contributed by atoms with van der Waals surface area (Å²) in [5.41, 5.74) is -0.377. The summed E-state index contributed by atoms with van der Waals surface area (Å²) < 4.78 is 12.3. The van der Waals surface area contributed by atoms with Gasteiger partial charge in [-0.3, -0.25) is 4.98 Å². The van der Waals surface area contributed by atoms with E-state index in [-0.39, 0.29) is 18.4 Å². The van der Waals surface area contributed by atoms with Gasteiger partial charge >= 0.3 is 0 Å². The molecule has 2 N–H and O–H groups in total. The summed E-state index contributed by atoms with van der Waals surface area (Å²) in [6, 6.07) is 12.2. The minimum Gasteiger partial charge on any atom is -0.495 e. The Morgan fingerprint density at radius 2 is 2.10 bits per heavy atom. The van der Waals surface area contributed by atoms with Gasteiger partial charge in [-0.25, -0.2) is 0 Å². The van der Waals surface area contributed by atoms with Gasteiger partial charge in [-0.05, 0) is 24.5 Å². The van der Waals surface area contributed by atoms with Crippen LogP contribution in [0, 0.1) is 23.2 Å². The zero-order chi connectivity index (χ0) is 21.6. The van der Waals surface area contributed by atoms with E-state index in [4.69, 9.17) is 9.47 Å². The summed E-state index contributed by atoms with van der Waals surface area (Å²) in [4.78, 5) is 4.24. The monoisotopic (exact) mass is 416 g/mol. The lowest BCUT2D eigenvalue weighted by atomic mass is 9.65. The Kier molecular flexibility index (Phi) is 4.62. The van der Waals surface area contributed by atoms with E-state index < -0.39 is 17.1 Å². The van der Waals surface area contributed by atoms with Crippen LogP contribution >= 0.6 is 0 Å². The molecule has 2 aliphatic carbocycles. The number of allylic oxidation sites excluding steroid dienone is 3. The number of nitriles is 1. The molecule has 2 heterocycles. The van der Waals surface area contributed by atoms with E-state index in [0.717, 1.165) is 5.56 Å². The van der Waals surface area contributed by atoms with E-state index in [0.29, 0.717) is 35.5 Å². The van der Waals surface area contributed by atoms with Crippen LogP contribution < -0.4 is 9.47 Å². The number of nitrogens with zero attached hydrogens (tertiary/aromatic N) is 2. The predicted molar refractivity (Wildman–Crippen MR) is 113 cm³/mol. The predicted octanol–water partition coefficient (Wildman–Crippen LogP) is 3.23. The number of hydrogen-bond donors (Lipinski definition) is 2. The average Bonchev–Trinajstić information content (AvgIpc) is 3.24. The molecular formula is C25H24N2O4. The molecule has 3 aliphatic rings. The molecule has 158 valence electrons. The Bertz CT molecular complexity index is 1110. The molecule has 1 unspecified atom stereocenters. The highest BCUT2D eigenvalue weighted by atomic mass is 16.5. The van der Waals surface area contributed by atoms with Gasteiger partial charge in [0.2, 0.25) is 0 Å². The van der Waals surface area contributed by atoms with Crippen molar-refractivity contribution in [3.05, 3.63) is 77.7 Å². The van der Waals surface area contributed by atoms with Crippen LogP contribution in [0.2, 0.25) is 0 Å². The van der Waals surface area contributed by atoms with Crippen LogP contribution in [0.3, 0.4) is 0 Å². The average molecular weight is 416 g/mol. The lowest BCUT2D eigenvalue weighted by Crippen LogP contribution is -2.58. The highest BCUT2D eigenvalue weighted by Gasteiger charge is 2.74. The molecule has 6 heteroatoms. The fraction of sp³-hybridized carbons (Fsp3) is 0.360. The molecule has 2 aromatic rings. The number of aromatic nitrogens is 1. The van der Waals surface area contributed by atoms with Crippen LogP contribution in [0.5, 0.6) is 11.5 Å². The third-order valence-corrected chi connectivity index (χ3v) is 7.18. The zero-order valence-electron chi connectivity index (χ0n) is 17.2. The Balaban J connectivity index is 1.76. The van der Waals surface area contributed by atoms with Gasteiger partial charge in [0, 0.05) is 29.9 Å². The van der Waals surface area contributed by atoms with Crippen molar-refractivity contribution in [3.63, 3.8) is 0 Å². The maximum atomic E-state index is 12.5. The molecule has 0 bridgehead atoms. The van der Waals surface area contributed by atoms with Crippen LogP contribution in [0.25, 0.3) is 0 Å². The number of aliphatic hydroxyl groups is 2.